The molecule has 0 aromatic heterocycles. The highest BCUT2D eigenvalue weighted by atomic mass is 32.2. The van der Waals surface area contributed by atoms with Gasteiger partial charge in [0.05, 0.1) is 12.6 Å². The van der Waals surface area contributed by atoms with E-state index in [1.807, 2.05) is 11.8 Å². The van der Waals surface area contributed by atoms with Gasteiger partial charge in [0, 0.05) is 18.6 Å². The summed E-state index contributed by atoms with van der Waals surface area (Å²) in [5, 5.41) is 2.47. The average molecular weight is 132 g/mol. The maximum atomic E-state index is 2.47. The molecule has 2 N–H and O–H groups in total. The first-order valence-electron chi connectivity index (χ1n) is 3.26. The summed E-state index contributed by atoms with van der Waals surface area (Å²) in [7, 11) is 0. The third-order valence-electron chi connectivity index (χ3n) is 1.66. The van der Waals surface area contributed by atoms with Crippen molar-refractivity contribution in [3.05, 3.63) is 0 Å². The van der Waals surface area contributed by atoms with Crippen molar-refractivity contribution in [1.29, 1.82) is 0 Å². The molecule has 1 aliphatic heterocycles. The molecule has 2 heteroatoms. The maximum Gasteiger partial charge on any atom is 0.0952 e. The van der Waals surface area contributed by atoms with Crippen LogP contribution in [0.4, 0.5) is 0 Å². The monoisotopic (exact) mass is 132 g/mol. The first-order valence-corrected chi connectivity index (χ1v) is 4.65. The minimum absolute atomic E-state index is 0.949. The van der Waals surface area contributed by atoms with Gasteiger partial charge in [-0.3, -0.25) is 0 Å². The largest absolute Gasteiger partial charge is 0.343 e. The molecule has 0 unspecified atom stereocenters. The second kappa shape index (κ2) is 3.36. The van der Waals surface area contributed by atoms with Crippen molar-refractivity contribution in [3.8, 4) is 0 Å². The maximum absolute atomic E-state index is 2.47. The van der Waals surface area contributed by atoms with Crippen LogP contribution in [0.2, 0.25) is 0 Å². The normalized spacial score (nSPS) is 28.9. The van der Waals surface area contributed by atoms with Crippen molar-refractivity contribution in [2.75, 3.05) is 18.6 Å². The first-order chi connectivity index (χ1) is 3.93. The fraction of sp³-hybridized carbons (Fsp3) is 1.00. The van der Waals surface area contributed by atoms with Crippen molar-refractivity contribution in [2.45, 2.75) is 18.9 Å². The molecule has 1 saturated heterocycles. The molecule has 1 heterocycles. The number of rotatable bonds is 2. The van der Waals surface area contributed by atoms with Crippen LogP contribution >= 0.6 is 11.8 Å². The lowest BCUT2D eigenvalue weighted by atomic mass is 10.3. The van der Waals surface area contributed by atoms with E-state index in [1.54, 1.807) is 0 Å². The van der Waals surface area contributed by atoms with Crippen molar-refractivity contribution in [3.63, 3.8) is 0 Å². The molecule has 8 heavy (non-hydrogen) atoms. The van der Waals surface area contributed by atoms with Crippen LogP contribution in [-0.2, 0) is 0 Å². The average Bonchev–Trinajstić information content (AvgIpc) is 2.19. The van der Waals surface area contributed by atoms with Crippen LogP contribution in [0.15, 0.2) is 0 Å². The molecule has 0 amide bonds. The summed E-state index contributed by atoms with van der Waals surface area (Å²) in [5.41, 5.74) is 0. The third-order valence-corrected chi connectivity index (χ3v) is 2.42. The van der Waals surface area contributed by atoms with E-state index >= 15 is 0 Å². The van der Waals surface area contributed by atoms with Crippen LogP contribution in [0.3, 0.4) is 0 Å². The molecule has 1 fully saturated rings. The van der Waals surface area contributed by atoms with Gasteiger partial charge in [0.25, 0.3) is 0 Å². The standard InChI is InChI=1S/C6H13NS/c1-8-5-6-3-2-4-7-6/h6-7H,2-5H2,1H3/p+1/t6-/m0/s1. The number of hydrogen-bond acceptors (Lipinski definition) is 1. The van der Waals surface area contributed by atoms with E-state index in [4.69, 9.17) is 0 Å². The molecule has 0 bridgehead atoms. The molecule has 48 valence electrons. The van der Waals surface area contributed by atoms with Crippen molar-refractivity contribution >= 4 is 11.8 Å². The summed E-state index contributed by atoms with van der Waals surface area (Å²) >= 11 is 1.97. The van der Waals surface area contributed by atoms with Gasteiger partial charge >= 0.3 is 0 Å². The Labute approximate surface area is 55.2 Å². The van der Waals surface area contributed by atoms with Crippen molar-refractivity contribution < 1.29 is 5.32 Å². The lowest BCUT2D eigenvalue weighted by molar-refractivity contribution is -0.665. The van der Waals surface area contributed by atoms with Crippen LogP contribution in [0.1, 0.15) is 12.8 Å². The van der Waals surface area contributed by atoms with E-state index in [1.165, 1.54) is 25.1 Å². The van der Waals surface area contributed by atoms with E-state index in [2.05, 4.69) is 11.6 Å². The van der Waals surface area contributed by atoms with Crippen LogP contribution in [0.25, 0.3) is 0 Å². The topological polar surface area (TPSA) is 16.6 Å². The smallest absolute Gasteiger partial charge is 0.0952 e. The predicted octanol–water partition coefficient (Wildman–Crippen LogP) is 0.0752. The minimum Gasteiger partial charge on any atom is -0.343 e. The number of nitrogens with two attached hydrogens (primary N) is 1. The third kappa shape index (κ3) is 1.67. The van der Waals surface area contributed by atoms with E-state index < -0.39 is 0 Å². The molecule has 1 atom stereocenters. The van der Waals surface area contributed by atoms with Crippen LogP contribution in [0.5, 0.6) is 0 Å². The quantitative estimate of drug-likeness (QED) is 0.563. The summed E-state index contributed by atoms with van der Waals surface area (Å²) in [6.45, 7) is 1.37. The Balaban J connectivity index is 2.06. The molecule has 0 aliphatic carbocycles. The summed E-state index contributed by atoms with van der Waals surface area (Å²) in [6.07, 6.45) is 5.07. The molecule has 1 rings (SSSR count). The Morgan fingerprint density at radius 1 is 1.75 bits per heavy atom. The van der Waals surface area contributed by atoms with Gasteiger partial charge in [-0.25, -0.2) is 0 Å². The van der Waals surface area contributed by atoms with Gasteiger partial charge in [0.1, 0.15) is 0 Å². The SMILES string of the molecule is CSC[C@@H]1CCC[NH2+]1. The first kappa shape index (κ1) is 6.43. The van der Waals surface area contributed by atoms with Crippen LogP contribution in [0, 0.1) is 0 Å². The molecular weight excluding hydrogens is 118 g/mol. The number of quaternary nitrogens is 1. The zero-order chi connectivity index (χ0) is 5.82. The highest BCUT2D eigenvalue weighted by Crippen LogP contribution is 2.02. The van der Waals surface area contributed by atoms with E-state index in [9.17, 15) is 0 Å². The van der Waals surface area contributed by atoms with Gasteiger partial charge in [-0.2, -0.15) is 11.8 Å². The second-order valence-corrected chi connectivity index (χ2v) is 3.29. The zero-order valence-electron chi connectivity index (χ0n) is 5.39. The fourth-order valence-electron chi connectivity index (χ4n) is 1.22. The Morgan fingerprint density at radius 2 is 2.62 bits per heavy atom. The minimum atomic E-state index is 0.949. The molecule has 0 spiro atoms. The Hall–Kier alpha value is 0.310. The summed E-state index contributed by atoms with van der Waals surface area (Å²) in [4.78, 5) is 0. The van der Waals surface area contributed by atoms with Crippen LogP contribution in [-0.4, -0.2) is 24.6 Å². The Bertz CT molecular complexity index is 59.5. The van der Waals surface area contributed by atoms with Gasteiger partial charge in [0.15, 0.2) is 0 Å². The van der Waals surface area contributed by atoms with E-state index in [-0.39, 0.29) is 0 Å². The molecule has 0 saturated carbocycles. The van der Waals surface area contributed by atoms with Crippen LogP contribution < -0.4 is 5.32 Å². The molecular formula is C6H14NS+. The Kier molecular flexibility index (Phi) is 2.70. The highest BCUT2D eigenvalue weighted by molar-refractivity contribution is 7.98. The van der Waals surface area contributed by atoms with Gasteiger partial charge in [-0.05, 0) is 6.26 Å². The lowest BCUT2D eigenvalue weighted by Crippen LogP contribution is -2.87. The van der Waals surface area contributed by atoms with Gasteiger partial charge in [-0.1, -0.05) is 0 Å². The molecule has 0 radical (unpaired) electrons. The lowest BCUT2D eigenvalue weighted by Gasteiger charge is -2.01. The van der Waals surface area contributed by atoms with Gasteiger partial charge in [-0.15, -0.1) is 0 Å². The molecule has 1 nitrogen and oxygen atoms in total. The number of thioether (sulfide) groups is 1. The summed E-state index contributed by atoms with van der Waals surface area (Å²) in [6, 6.07) is 0.949. The van der Waals surface area contributed by atoms with Crippen molar-refractivity contribution in [1.82, 2.24) is 0 Å². The second-order valence-electron chi connectivity index (χ2n) is 2.38. The summed E-state index contributed by atoms with van der Waals surface area (Å²) < 4.78 is 0. The molecule has 0 aromatic rings. The van der Waals surface area contributed by atoms with E-state index in [0.717, 1.165) is 6.04 Å². The molecule has 0 aromatic carbocycles. The predicted molar refractivity (Wildman–Crippen MR) is 38.2 cm³/mol. The van der Waals surface area contributed by atoms with Gasteiger partial charge < -0.3 is 5.32 Å². The zero-order valence-corrected chi connectivity index (χ0v) is 6.21. The highest BCUT2D eigenvalue weighted by Gasteiger charge is 2.16. The fourth-order valence-corrected chi connectivity index (χ4v) is 1.95. The summed E-state index contributed by atoms with van der Waals surface area (Å²) in [5.74, 6) is 1.35. The van der Waals surface area contributed by atoms with Crippen molar-refractivity contribution in [2.24, 2.45) is 0 Å². The molecule has 1 aliphatic rings. The van der Waals surface area contributed by atoms with Gasteiger partial charge in [0.2, 0.25) is 0 Å². The number of hydrogen-bond donors (Lipinski definition) is 1. The Morgan fingerprint density at radius 3 is 3.12 bits per heavy atom. The van der Waals surface area contributed by atoms with E-state index in [0.29, 0.717) is 0 Å².